The van der Waals surface area contributed by atoms with E-state index >= 15 is 0 Å². The number of rotatable bonds is 5. The third-order valence-corrected chi connectivity index (χ3v) is 2.30. The number of nitrogens with zero attached hydrogens (tertiary/aromatic N) is 1. The first-order valence-corrected chi connectivity index (χ1v) is 5.20. The van der Waals surface area contributed by atoms with Gasteiger partial charge in [0.05, 0.1) is 0 Å². The highest BCUT2D eigenvalue weighted by Crippen LogP contribution is 1.99. The monoisotopic (exact) mass is 220 g/mol. The van der Waals surface area contributed by atoms with Crippen LogP contribution in [0.1, 0.15) is 23.2 Å². The van der Waals surface area contributed by atoms with Crippen molar-refractivity contribution in [2.75, 3.05) is 13.6 Å². The fraction of sp³-hybridized carbons (Fsp3) is 0.333. The molecule has 16 heavy (non-hydrogen) atoms. The van der Waals surface area contributed by atoms with Crippen molar-refractivity contribution in [3.63, 3.8) is 0 Å². The van der Waals surface area contributed by atoms with Gasteiger partial charge in [-0.1, -0.05) is 6.08 Å². The third kappa shape index (κ3) is 3.08. The van der Waals surface area contributed by atoms with Gasteiger partial charge >= 0.3 is 0 Å². The Morgan fingerprint density at radius 2 is 2.38 bits per heavy atom. The summed E-state index contributed by atoms with van der Waals surface area (Å²) in [5.74, 6) is -0.245. The smallest absolute Gasteiger partial charge is 0.259 e. The summed E-state index contributed by atoms with van der Waals surface area (Å²) in [6, 6.07) is 1.35. The van der Waals surface area contributed by atoms with Crippen LogP contribution in [0.15, 0.2) is 35.9 Å². The number of carbonyl (C=O) groups is 1. The molecule has 0 radical (unpaired) electrons. The van der Waals surface area contributed by atoms with E-state index in [1.54, 1.807) is 11.9 Å². The Morgan fingerprint density at radius 1 is 1.62 bits per heavy atom. The lowest BCUT2D eigenvalue weighted by atomic mass is 10.2. The maximum absolute atomic E-state index is 11.8. The molecule has 86 valence electrons. The van der Waals surface area contributed by atoms with Gasteiger partial charge in [-0.2, -0.15) is 0 Å². The lowest BCUT2D eigenvalue weighted by Crippen LogP contribution is -2.31. The number of amides is 1. The van der Waals surface area contributed by atoms with Crippen LogP contribution in [0.2, 0.25) is 0 Å². The van der Waals surface area contributed by atoms with Gasteiger partial charge in [-0.15, -0.1) is 6.58 Å². The summed E-state index contributed by atoms with van der Waals surface area (Å²) in [6.07, 6.45) is 6.48. The van der Waals surface area contributed by atoms with Crippen molar-refractivity contribution in [3.05, 3.63) is 46.9 Å². The molecule has 0 bridgehead atoms. The summed E-state index contributed by atoms with van der Waals surface area (Å²) in [5, 5.41) is 0. The van der Waals surface area contributed by atoms with Crippen molar-refractivity contribution in [2.45, 2.75) is 12.8 Å². The largest absolute Gasteiger partial charge is 0.367 e. The normalized spacial score (nSPS) is 9.81. The average molecular weight is 220 g/mol. The van der Waals surface area contributed by atoms with Crippen LogP contribution in [0.5, 0.6) is 0 Å². The molecular weight excluding hydrogens is 204 g/mol. The molecule has 1 amide bonds. The molecule has 0 aliphatic carbocycles. The van der Waals surface area contributed by atoms with E-state index < -0.39 is 0 Å². The van der Waals surface area contributed by atoms with Crippen LogP contribution < -0.4 is 5.43 Å². The Hall–Kier alpha value is -1.84. The SMILES string of the molecule is C=CCCCN(C)C(=O)c1c[nH]ccc1=O. The topological polar surface area (TPSA) is 53.2 Å². The standard InChI is InChI=1S/C12H16N2O2/c1-3-4-5-8-14(2)12(16)10-9-13-7-6-11(10)15/h3,6-7,9H,1,4-5,8H2,2H3,(H,13,15). The second-order valence-corrected chi connectivity index (χ2v) is 3.58. The quantitative estimate of drug-likeness (QED) is 0.602. The molecular formula is C12H16N2O2. The fourth-order valence-corrected chi connectivity index (χ4v) is 1.36. The molecule has 0 saturated heterocycles. The van der Waals surface area contributed by atoms with Crippen molar-refractivity contribution >= 4 is 5.91 Å². The van der Waals surface area contributed by atoms with E-state index in [9.17, 15) is 9.59 Å². The van der Waals surface area contributed by atoms with E-state index in [1.165, 1.54) is 18.5 Å². The van der Waals surface area contributed by atoms with Crippen LogP contribution in [0.3, 0.4) is 0 Å². The number of aromatic nitrogens is 1. The van der Waals surface area contributed by atoms with Gasteiger partial charge in [-0.05, 0) is 12.8 Å². The molecule has 1 heterocycles. The van der Waals surface area contributed by atoms with Crippen LogP contribution >= 0.6 is 0 Å². The van der Waals surface area contributed by atoms with Crippen molar-refractivity contribution in [1.82, 2.24) is 9.88 Å². The van der Waals surface area contributed by atoms with E-state index in [-0.39, 0.29) is 16.9 Å². The first-order valence-electron chi connectivity index (χ1n) is 5.20. The van der Waals surface area contributed by atoms with Crippen molar-refractivity contribution in [2.24, 2.45) is 0 Å². The molecule has 4 nitrogen and oxygen atoms in total. The average Bonchev–Trinajstić information content (AvgIpc) is 2.29. The summed E-state index contributed by atoms with van der Waals surface area (Å²) >= 11 is 0. The zero-order chi connectivity index (χ0) is 12.0. The summed E-state index contributed by atoms with van der Waals surface area (Å²) in [5.41, 5.74) is -0.0667. The highest BCUT2D eigenvalue weighted by atomic mass is 16.2. The first-order chi connectivity index (χ1) is 7.66. The van der Waals surface area contributed by atoms with Crippen LogP contribution in [-0.4, -0.2) is 29.4 Å². The minimum Gasteiger partial charge on any atom is -0.367 e. The molecule has 1 aromatic rings. The molecule has 1 rings (SSSR count). The van der Waals surface area contributed by atoms with Gasteiger partial charge in [0.25, 0.3) is 5.91 Å². The maximum Gasteiger partial charge on any atom is 0.259 e. The second kappa shape index (κ2) is 5.90. The number of unbranched alkanes of at least 4 members (excludes halogenated alkanes) is 1. The molecule has 0 spiro atoms. The van der Waals surface area contributed by atoms with Crippen LogP contribution in [0, 0.1) is 0 Å². The molecule has 0 aliphatic heterocycles. The summed E-state index contributed by atoms with van der Waals surface area (Å²) in [7, 11) is 1.69. The number of hydrogen-bond donors (Lipinski definition) is 1. The predicted octanol–water partition coefficient (Wildman–Crippen LogP) is 1.41. The summed E-state index contributed by atoms with van der Waals surface area (Å²) in [6.45, 7) is 4.24. The zero-order valence-corrected chi connectivity index (χ0v) is 9.40. The van der Waals surface area contributed by atoms with E-state index in [0.717, 1.165) is 12.8 Å². The van der Waals surface area contributed by atoms with Gasteiger partial charge in [0.15, 0.2) is 5.43 Å². The minimum atomic E-state index is -0.251. The lowest BCUT2D eigenvalue weighted by Gasteiger charge is -2.15. The summed E-state index contributed by atoms with van der Waals surface area (Å²) in [4.78, 5) is 27.5. The Kier molecular flexibility index (Phi) is 4.51. The molecule has 0 aromatic carbocycles. The van der Waals surface area contributed by atoms with Crippen LogP contribution in [0.25, 0.3) is 0 Å². The molecule has 4 heteroatoms. The van der Waals surface area contributed by atoms with Crippen LogP contribution in [-0.2, 0) is 0 Å². The Bertz CT molecular complexity index is 423. The minimum absolute atomic E-state index is 0.184. The Balaban J connectivity index is 2.67. The van der Waals surface area contributed by atoms with Gasteiger partial charge < -0.3 is 9.88 Å². The lowest BCUT2D eigenvalue weighted by molar-refractivity contribution is 0.0792. The van der Waals surface area contributed by atoms with E-state index in [0.29, 0.717) is 6.54 Å². The zero-order valence-electron chi connectivity index (χ0n) is 9.40. The molecule has 1 aromatic heterocycles. The first kappa shape index (κ1) is 12.2. The maximum atomic E-state index is 11.8. The molecule has 1 N–H and O–H groups in total. The second-order valence-electron chi connectivity index (χ2n) is 3.58. The Morgan fingerprint density at radius 3 is 3.00 bits per heavy atom. The van der Waals surface area contributed by atoms with Gasteiger partial charge in [0.2, 0.25) is 0 Å². The van der Waals surface area contributed by atoms with E-state index in [4.69, 9.17) is 0 Å². The van der Waals surface area contributed by atoms with Crippen molar-refractivity contribution in [3.8, 4) is 0 Å². The number of pyridine rings is 1. The number of hydrogen-bond acceptors (Lipinski definition) is 2. The molecule has 0 aliphatic rings. The van der Waals surface area contributed by atoms with E-state index in [2.05, 4.69) is 11.6 Å². The number of aromatic amines is 1. The van der Waals surface area contributed by atoms with Gasteiger partial charge in [0.1, 0.15) is 5.56 Å². The number of H-pyrrole nitrogens is 1. The number of allylic oxidation sites excluding steroid dienone is 1. The number of nitrogens with one attached hydrogen (secondary N) is 1. The predicted molar refractivity (Wildman–Crippen MR) is 63.5 cm³/mol. The van der Waals surface area contributed by atoms with Gasteiger partial charge in [-0.3, -0.25) is 9.59 Å². The highest BCUT2D eigenvalue weighted by Gasteiger charge is 2.13. The highest BCUT2D eigenvalue weighted by molar-refractivity contribution is 5.93. The molecule has 0 atom stereocenters. The fourth-order valence-electron chi connectivity index (χ4n) is 1.36. The van der Waals surface area contributed by atoms with Crippen LogP contribution in [0.4, 0.5) is 0 Å². The molecule has 0 fully saturated rings. The third-order valence-electron chi connectivity index (χ3n) is 2.30. The van der Waals surface area contributed by atoms with Crippen molar-refractivity contribution < 1.29 is 4.79 Å². The van der Waals surface area contributed by atoms with E-state index in [1.807, 2.05) is 6.08 Å². The molecule has 0 unspecified atom stereocenters. The molecule has 0 saturated carbocycles. The summed E-state index contributed by atoms with van der Waals surface area (Å²) < 4.78 is 0. The number of carbonyl (C=O) groups excluding carboxylic acids is 1. The van der Waals surface area contributed by atoms with Crippen molar-refractivity contribution in [1.29, 1.82) is 0 Å². The van der Waals surface area contributed by atoms with Gasteiger partial charge in [-0.25, -0.2) is 0 Å². The Labute approximate surface area is 94.6 Å². The van der Waals surface area contributed by atoms with Gasteiger partial charge in [0, 0.05) is 32.1 Å².